The third-order valence-electron chi connectivity index (χ3n) is 3.93. The highest BCUT2D eigenvalue weighted by atomic mass is 16.3. The van der Waals surface area contributed by atoms with Crippen LogP contribution in [0.3, 0.4) is 0 Å². The second kappa shape index (κ2) is 2.99. The molecular weight excluding hydrogens is 186 g/mol. The van der Waals surface area contributed by atoms with E-state index in [1.165, 1.54) is 0 Å². The molecule has 0 radical (unpaired) electrons. The van der Waals surface area contributed by atoms with E-state index in [4.69, 9.17) is 5.73 Å². The lowest BCUT2D eigenvalue weighted by atomic mass is 9.87. The van der Waals surface area contributed by atoms with E-state index in [1.807, 2.05) is 25.1 Å². The van der Waals surface area contributed by atoms with E-state index in [0.717, 1.165) is 17.5 Å². The SMILES string of the molecule is Cc1ccc(C2(CN)CC2(C)C)c(O)c1. The van der Waals surface area contributed by atoms with E-state index in [-0.39, 0.29) is 10.8 Å². The van der Waals surface area contributed by atoms with Crippen molar-refractivity contribution in [1.82, 2.24) is 0 Å². The molecule has 82 valence electrons. The van der Waals surface area contributed by atoms with Crippen molar-refractivity contribution in [2.75, 3.05) is 6.54 Å². The van der Waals surface area contributed by atoms with Crippen molar-refractivity contribution in [3.05, 3.63) is 29.3 Å². The normalized spacial score (nSPS) is 27.7. The van der Waals surface area contributed by atoms with Gasteiger partial charge in [-0.15, -0.1) is 0 Å². The molecule has 1 aliphatic carbocycles. The molecule has 1 unspecified atom stereocenters. The number of hydrogen-bond acceptors (Lipinski definition) is 2. The lowest BCUT2D eigenvalue weighted by Crippen LogP contribution is -2.25. The van der Waals surface area contributed by atoms with Crippen molar-refractivity contribution in [1.29, 1.82) is 0 Å². The van der Waals surface area contributed by atoms with Gasteiger partial charge in [-0.1, -0.05) is 26.0 Å². The second-order valence-corrected chi connectivity index (χ2v) is 5.37. The van der Waals surface area contributed by atoms with Crippen LogP contribution >= 0.6 is 0 Å². The first-order chi connectivity index (χ1) is 6.93. The van der Waals surface area contributed by atoms with Crippen LogP contribution in [0.15, 0.2) is 18.2 Å². The van der Waals surface area contributed by atoms with Gasteiger partial charge in [-0.2, -0.15) is 0 Å². The summed E-state index contributed by atoms with van der Waals surface area (Å²) in [6.45, 7) is 7.01. The first-order valence-corrected chi connectivity index (χ1v) is 5.43. The van der Waals surface area contributed by atoms with Gasteiger partial charge in [-0.25, -0.2) is 0 Å². The van der Waals surface area contributed by atoms with Crippen molar-refractivity contribution in [2.24, 2.45) is 11.1 Å². The Balaban J connectivity index is 2.46. The molecular formula is C13H19NO. The number of aromatic hydroxyl groups is 1. The maximum Gasteiger partial charge on any atom is 0.119 e. The zero-order valence-electron chi connectivity index (χ0n) is 9.67. The topological polar surface area (TPSA) is 46.2 Å². The van der Waals surface area contributed by atoms with Crippen molar-refractivity contribution in [3.8, 4) is 5.75 Å². The van der Waals surface area contributed by atoms with E-state index in [9.17, 15) is 5.11 Å². The minimum absolute atomic E-state index is 0.00914. The first-order valence-electron chi connectivity index (χ1n) is 5.43. The van der Waals surface area contributed by atoms with E-state index in [1.54, 1.807) is 0 Å². The van der Waals surface area contributed by atoms with Gasteiger partial charge in [0.1, 0.15) is 5.75 Å². The molecule has 0 amide bonds. The lowest BCUT2D eigenvalue weighted by Gasteiger charge is -2.20. The molecule has 1 fully saturated rings. The fourth-order valence-corrected chi connectivity index (χ4v) is 2.67. The fraction of sp³-hybridized carbons (Fsp3) is 0.538. The van der Waals surface area contributed by atoms with Crippen LogP contribution in [0, 0.1) is 12.3 Å². The molecule has 1 atom stereocenters. The zero-order valence-corrected chi connectivity index (χ0v) is 9.67. The van der Waals surface area contributed by atoms with Crippen LogP contribution in [-0.2, 0) is 5.41 Å². The van der Waals surface area contributed by atoms with Gasteiger partial charge in [0.15, 0.2) is 0 Å². The minimum Gasteiger partial charge on any atom is -0.508 e. The minimum atomic E-state index is -0.00914. The van der Waals surface area contributed by atoms with E-state index >= 15 is 0 Å². The average molecular weight is 205 g/mol. The molecule has 1 aromatic carbocycles. The van der Waals surface area contributed by atoms with Crippen LogP contribution in [0.2, 0.25) is 0 Å². The van der Waals surface area contributed by atoms with Crippen LogP contribution in [0.1, 0.15) is 31.4 Å². The van der Waals surface area contributed by atoms with E-state index in [0.29, 0.717) is 12.3 Å². The maximum absolute atomic E-state index is 9.97. The van der Waals surface area contributed by atoms with Crippen molar-refractivity contribution >= 4 is 0 Å². The summed E-state index contributed by atoms with van der Waals surface area (Å²) < 4.78 is 0. The maximum atomic E-state index is 9.97. The second-order valence-electron chi connectivity index (χ2n) is 5.37. The Labute approximate surface area is 91.1 Å². The fourth-order valence-electron chi connectivity index (χ4n) is 2.67. The largest absolute Gasteiger partial charge is 0.508 e. The highest BCUT2D eigenvalue weighted by Crippen LogP contribution is 2.65. The molecule has 1 aromatic rings. The summed E-state index contributed by atoms with van der Waals surface area (Å²) in [5, 5.41) is 9.97. The van der Waals surface area contributed by atoms with Crippen LogP contribution in [0.25, 0.3) is 0 Å². The Bertz CT molecular complexity index is 398. The van der Waals surface area contributed by atoms with Gasteiger partial charge in [-0.05, 0) is 30.4 Å². The number of hydrogen-bond donors (Lipinski definition) is 2. The van der Waals surface area contributed by atoms with Gasteiger partial charge in [0.2, 0.25) is 0 Å². The number of aryl methyl sites for hydroxylation is 1. The quantitative estimate of drug-likeness (QED) is 0.778. The number of rotatable bonds is 2. The Morgan fingerprint density at radius 1 is 1.40 bits per heavy atom. The van der Waals surface area contributed by atoms with Gasteiger partial charge in [0.25, 0.3) is 0 Å². The molecule has 0 aromatic heterocycles. The molecule has 0 aliphatic heterocycles. The summed E-state index contributed by atoms with van der Waals surface area (Å²) in [4.78, 5) is 0. The van der Waals surface area contributed by atoms with Gasteiger partial charge < -0.3 is 10.8 Å². The van der Waals surface area contributed by atoms with Crippen molar-refractivity contribution in [3.63, 3.8) is 0 Å². The van der Waals surface area contributed by atoms with Gasteiger partial charge in [-0.3, -0.25) is 0 Å². The molecule has 2 heteroatoms. The highest BCUT2D eigenvalue weighted by molar-refractivity contribution is 5.47. The summed E-state index contributed by atoms with van der Waals surface area (Å²) in [5.74, 6) is 0.394. The van der Waals surface area contributed by atoms with Crippen molar-refractivity contribution in [2.45, 2.75) is 32.6 Å². The summed E-state index contributed by atoms with van der Waals surface area (Å²) in [6, 6.07) is 5.88. The molecule has 3 N–H and O–H groups in total. The molecule has 0 saturated heterocycles. The highest BCUT2D eigenvalue weighted by Gasteiger charge is 2.61. The predicted octanol–water partition coefficient (Wildman–Crippen LogP) is 2.33. The van der Waals surface area contributed by atoms with Crippen LogP contribution in [-0.4, -0.2) is 11.7 Å². The molecule has 2 nitrogen and oxygen atoms in total. The van der Waals surface area contributed by atoms with Crippen LogP contribution < -0.4 is 5.73 Å². The standard InChI is InChI=1S/C13H19NO/c1-9-4-5-10(11(15)6-9)13(8-14)7-12(13,2)3/h4-6,15H,7-8,14H2,1-3H3. The van der Waals surface area contributed by atoms with Gasteiger partial charge in [0.05, 0.1) is 0 Å². The lowest BCUT2D eigenvalue weighted by molar-refractivity contribution is 0.437. The number of phenolic OH excluding ortho intramolecular Hbond substituents is 1. The van der Waals surface area contributed by atoms with Crippen LogP contribution in [0.5, 0.6) is 5.75 Å². The molecule has 0 spiro atoms. The Morgan fingerprint density at radius 3 is 2.40 bits per heavy atom. The summed E-state index contributed by atoms with van der Waals surface area (Å²) in [5.41, 5.74) is 8.18. The van der Waals surface area contributed by atoms with Crippen LogP contribution in [0.4, 0.5) is 0 Å². The molecule has 0 bridgehead atoms. The monoisotopic (exact) mass is 205 g/mol. The number of nitrogens with two attached hydrogens (primary N) is 1. The third kappa shape index (κ3) is 1.36. The van der Waals surface area contributed by atoms with Gasteiger partial charge >= 0.3 is 0 Å². The summed E-state index contributed by atoms with van der Waals surface area (Å²) >= 11 is 0. The molecule has 0 heterocycles. The Hall–Kier alpha value is -1.02. The average Bonchev–Trinajstić information content (AvgIpc) is 2.69. The zero-order chi connectivity index (χ0) is 11.3. The molecule has 15 heavy (non-hydrogen) atoms. The van der Waals surface area contributed by atoms with E-state index < -0.39 is 0 Å². The molecule has 1 saturated carbocycles. The molecule has 2 rings (SSSR count). The Morgan fingerprint density at radius 2 is 2.00 bits per heavy atom. The molecule has 1 aliphatic rings. The third-order valence-corrected chi connectivity index (χ3v) is 3.93. The van der Waals surface area contributed by atoms with Crippen molar-refractivity contribution < 1.29 is 5.11 Å². The number of phenols is 1. The van der Waals surface area contributed by atoms with Gasteiger partial charge in [0, 0.05) is 17.5 Å². The predicted molar refractivity (Wildman–Crippen MR) is 62.0 cm³/mol. The van der Waals surface area contributed by atoms with E-state index in [2.05, 4.69) is 13.8 Å². The first kappa shape index (κ1) is 10.5. The summed E-state index contributed by atoms with van der Waals surface area (Å²) in [7, 11) is 0. The summed E-state index contributed by atoms with van der Waals surface area (Å²) in [6.07, 6.45) is 1.06. The number of benzene rings is 1. The Kier molecular flexibility index (Phi) is 2.09. The smallest absolute Gasteiger partial charge is 0.119 e.